The number of morpholine rings is 1. The first-order chi connectivity index (χ1) is 11.8. The minimum Gasteiger partial charge on any atom is -0.378 e. The third-order valence-electron chi connectivity index (χ3n) is 3.66. The molecule has 10 nitrogen and oxygen atoms in total. The fraction of sp³-hybridized carbons (Fsp3) is 0.357. The fourth-order valence-electron chi connectivity index (χ4n) is 2.43. The molecule has 1 aromatic carbocycles. The second kappa shape index (κ2) is 6.78. The molecule has 0 radical (unpaired) electrons. The lowest BCUT2D eigenvalue weighted by atomic mass is 10.2. The Balaban J connectivity index is 1.89. The third kappa shape index (κ3) is 4.13. The van der Waals surface area contributed by atoms with E-state index < -0.39 is 10.1 Å². The summed E-state index contributed by atoms with van der Waals surface area (Å²) in [4.78, 5) is 14.2. The molecule has 1 fully saturated rings. The molecule has 3 rings (SSSR count). The summed E-state index contributed by atoms with van der Waals surface area (Å²) in [5.74, 6) is 0.639. The summed E-state index contributed by atoms with van der Waals surface area (Å²) >= 11 is 0. The maximum absolute atomic E-state index is 11.4. The Morgan fingerprint density at radius 2 is 1.96 bits per heavy atom. The number of anilines is 4. The van der Waals surface area contributed by atoms with Crippen molar-refractivity contribution >= 4 is 33.7 Å². The van der Waals surface area contributed by atoms with Crippen LogP contribution in [-0.4, -0.2) is 54.2 Å². The van der Waals surface area contributed by atoms with Crippen molar-refractivity contribution in [1.82, 2.24) is 15.0 Å². The first-order valence-corrected chi connectivity index (χ1v) is 8.96. The fourth-order valence-corrected chi connectivity index (χ4v) is 3.18. The second-order valence-electron chi connectivity index (χ2n) is 5.50. The summed E-state index contributed by atoms with van der Waals surface area (Å²) in [5, 5.41) is 2.89. The molecule has 0 unspecified atom stereocenters. The van der Waals surface area contributed by atoms with Crippen molar-refractivity contribution in [2.45, 2.75) is 11.8 Å². The zero-order valence-electron chi connectivity index (χ0n) is 13.5. The Morgan fingerprint density at radius 3 is 2.64 bits per heavy atom. The van der Waals surface area contributed by atoms with Crippen LogP contribution in [0, 0.1) is 6.92 Å². The van der Waals surface area contributed by atoms with Gasteiger partial charge >= 0.3 is 0 Å². The molecule has 11 heteroatoms. The molecule has 1 saturated heterocycles. The molecule has 2 aromatic rings. The molecule has 0 aliphatic carbocycles. The van der Waals surface area contributed by atoms with Gasteiger partial charge in [0, 0.05) is 18.8 Å². The van der Waals surface area contributed by atoms with Crippen LogP contribution < -0.4 is 16.0 Å². The van der Waals surface area contributed by atoms with E-state index in [1.165, 1.54) is 6.07 Å². The molecule has 0 bridgehead atoms. The van der Waals surface area contributed by atoms with Crippen LogP contribution in [0.1, 0.15) is 5.56 Å². The van der Waals surface area contributed by atoms with Gasteiger partial charge in [-0.1, -0.05) is 6.07 Å². The number of ether oxygens (including phenoxy) is 1. The maximum Gasteiger partial charge on any atom is 0.294 e. The van der Waals surface area contributed by atoms with Gasteiger partial charge in [0.15, 0.2) is 0 Å². The summed E-state index contributed by atoms with van der Waals surface area (Å²) in [6.45, 7) is 4.01. The summed E-state index contributed by atoms with van der Waals surface area (Å²) in [6, 6.07) is 4.52. The normalized spacial score (nSPS) is 15.2. The molecule has 0 saturated carbocycles. The minimum atomic E-state index is -4.32. The van der Waals surface area contributed by atoms with E-state index in [0.717, 1.165) is 0 Å². The van der Waals surface area contributed by atoms with Gasteiger partial charge in [-0.2, -0.15) is 23.4 Å². The number of nitrogens with one attached hydrogen (secondary N) is 1. The van der Waals surface area contributed by atoms with Gasteiger partial charge in [-0.25, -0.2) is 0 Å². The van der Waals surface area contributed by atoms with Gasteiger partial charge in [0.1, 0.15) is 0 Å². The number of nitrogens with two attached hydrogens (primary N) is 1. The van der Waals surface area contributed by atoms with Crippen LogP contribution in [0.25, 0.3) is 0 Å². The first kappa shape index (κ1) is 17.3. The predicted octanol–water partition coefficient (Wildman–Crippen LogP) is 0.589. The highest BCUT2D eigenvalue weighted by Crippen LogP contribution is 2.23. The Morgan fingerprint density at radius 1 is 1.24 bits per heavy atom. The van der Waals surface area contributed by atoms with Crippen molar-refractivity contribution in [3.8, 4) is 0 Å². The van der Waals surface area contributed by atoms with Crippen molar-refractivity contribution in [2.75, 3.05) is 42.3 Å². The lowest BCUT2D eigenvalue weighted by Crippen LogP contribution is -2.37. The molecule has 0 atom stereocenters. The monoisotopic (exact) mass is 366 g/mol. The van der Waals surface area contributed by atoms with Crippen LogP contribution in [0.15, 0.2) is 23.1 Å². The molecular formula is C14H18N6O4S. The molecule has 4 N–H and O–H groups in total. The molecule has 1 aliphatic rings. The summed E-state index contributed by atoms with van der Waals surface area (Å²) in [6.07, 6.45) is 0. The number of rotatable bonds is 4. The van der Waals surface area contributed by atoms with Gasteiger partial charge < -0.3 is 20.7 Å². The highest BCUT2D eigenvalue weighted by Gasteiger charge is 2.17. The zero-order chi connectivity index (χ0) is 18.0. The quantitative estimate of drug-likeness (QED) is 0.657. The van der Waals surface area contributed by atoms with Gasteiger partial charge in [0.2, 0.25) is 17.8 Å². The van der Waals surface area contributed by atoms with Crippen LogP contribution >= 0.6 is 0 Å². The van der Waals surface area contributed by atoms with Crippen LogP contribution in [0.3, 0.4) is 0 Å². The van der Waals surface area contributed by atoms with E-state index in [4.69, 9.17) is 10.5 Å². The molecule has 25 heavy (non-hydrogen) atoms. The van der Waals surface area contributed by atoms with Crippen LogP contribution in [0.5, 0.6) is 0 Å². The first-order valence-electron chi connectivity index (χ1n) is 7.52. The Hall–Kier alpha value is -2.50. The number of aryl methyl sites for hydroxylation is 1. The largest absolute Gasteiger partial charge is 0.378 e. The molecule has 1 aliphatic heterocycles. The van der Waals surface area contributed by atoms with Crippen LogP contribution in [-0.2, 0) is 14.9 Å². The van der Waals surface area contributed by atoms with Crippen molar-refractivity contribution in [2.24, 2.45) is 0 Å². The van der Waals surface area contributed by atoms with E-state index in [9.17, 15) is 13.0 Å². The number of benzene rings is 1. The van der Waals surface area contributed by atoms with E-state index in [1.54, 1.807) is 19.1 Å². The number of hydrogen-bond acceptors (Lipinski definition) is 9. The molecular weight excluding hydrogens is 348 g/mol. The SMILES string of the molecule is Cc1ccc(Nc2nc(N)nc(N3CCOCC3)n2)cc1S(=O)(=O)O. The van der Waals surface area contributed by atoms with Gasteiger partial charge in [0.25, 0.3) is 10.1 Å². The van der Waals surface area contributed by atoms with Crippen molar-refractivity contribution in [3.05, 3.63) is 23.8 Å². The summed E-state index contributed by atoms with van der Waals surface area (Å²) in [7, 11) is -4.32. The van der Waals surface area contributed by atoms with E-state index in [1.807, 2.05) is 4.90 Å². The highest BCUT2D eigenvalue weighted by atomic mass is 32.2. The van der Waals surface area contributed by atoms with E-state index >= 15 is 0 Å². The van der Waals surface area contributed by atoms with E-state index in [0.29, 0.717) is 43.5 Å². The number of nitrogens with zero attached hydrogens (tertiary/aromatic N) is 4. The smallest absolute Gasteiger partial charge is 0.294 e. The summed E-state index contributed by atoms with van der Waals surface area (Å²) < 4.78 is 37.4. The third-order valence-corrected chi connectivity index (χ3v) is 4.65. The van der Waals surface area contributed by atoms with Gasteiger partial charge in [-0.15, -0.1) is 0 Å². The van der Waals surface area contributed by atoms with Gasteiger partial charge in [-0.3, -0.25) is 4.55 Å². The lowest BCUT2D eigenvalue weighted by Gasteiger charge is -2.26. The standard InChI is InChI=1S/C14H18N6O4S/c1-9-2-3-10(8-11(9)25(21,22)23)16-13-17-12(15)18-14(19-13)20-4-6-24-7-5-20/h2-3,8H,4-7H2,1H3,(H,21,22,23)(H3,15,16,17,18,19). The summed E-state index contributed by atoms with van der Waals surface area (Å²) in [5.41, 5.74) is 6.57. The number of nitrogen functional groups attached to an aromatic ring is 1. The van der Waals surface area contributed by atoms with Gasteiger partial charge in [-0.05, 0) is 24.6 Å². The maximum atomic E-state index is 11.4. The Kier molecular flexibility index (Phi) is 4.70. The predicted molar refractivity (Wildman–Crippen MR) is 91.5 cm³/mol. The zero-order valence-corrected chi connectivity index (χ0v) is 14.3. The number of hydrogen-bond donors (Lipinski definition) is 3. The van der Waals surface area contributed by atoms with E-state index in [-0.39, 0.29) is 16.8 Å². The Bertz CT molecular complexity index is 883. The Labute approximate surface area is 144 Å². The highest BCUT2D eigenvalue weighted by molar-refractivity contribution is 7.85. The average molecular weight is 366 g/mol. The van der Waals surface area contributed by atoms with E-state index in [2.05, 4.69) is 20.3 Å². The lowest BCUT2D eigenvalue weighted by molar-refractivity contribution is 0.122. The van der Waals surface area contributed by atoms with Crippen LogP contribution in [0.2, 0.25) is 0 Å². The molecule has 2 heterocycles. The molecule has 0 amide bonds. The molecule has 134 valence electrons. The topological polar surface area (TPSA) is 144 Å². The molecule has 1 aromatic heterocycles. The minimum absolute atomic E-state index is 0.0427. The van der Waals surface area contributed by atoms with Gasteiger partial charge in [0.05, 0.1) is 18.1 Å². The molecule has 0 spiro atoms. The average Bonchev–Trinajstić information content (AvgIpc) is 2.56. The number of aromatic nitrogens is 3. The van der Waals surface area contributed by atoms with Crippen LogP contribution in [0.4, 0.5) is 23.5 Å². The van der Waals surface area contributed by atoms with Crippen molar-refractivity contribution < 1.29 is 17.7 Å². The van der Waals surface area contributed by atoms with Crippen molar-refractivity contribution in [1.29, 1.82) is 0 Å². The van der Waals surface area contributed by atoms with Crippen molar-refractivity contribution in [3.63, 3.8) is 0 Å². The second-order valence-corrected chi connectivity index (χ2v) is 6.89.